The fourth-order valence-corrected chi connectivity index (χ4v) is 6.34. The molecule has 3 aromatic rings. The number of thiazole rings is 1. The average Bonchev–Trinajstić information content (AvgIpc) is 3.56. The molecule has 1 aromatic carbocycles. The second-order valence-electron chi connectivity index (χ2n) is 10.1. The molecule has 0 aliphatic carbocycles. The maximum atomic E-state index is 14.0. The molecule has 0 N–H and O–H groups in total. The van der Waals surface area contributed by atoms with E-state index in [4.69, 9.17) is 23.4 Å². The molecule has 1 atom stereocenters. The Bertz CT molecular complexity index is 1630. The average molecular weight is 582 g/mol. The van der Waals surface area contributed by atoms with E-state index in [-0.39, 0.29) is 17.7 Å². The summed E-state index contributed by atoms with van der Waals surface area (Å²) in [5.74, 6) is 2.74. The summed E-state index contributed by atoms with van der Waals surface area (Å²) in [5.41, 5.74) is 1.02. The molecule has 0 radical (unpaired) electrons. The third-order valence-electron chi connectivity index (χ3n) is 7.50. The van der Waals surface area contributed by atoms with E-state index in [0.29, 0.717) is 49.5 Å². The molecule has 41 heavy (non-hydrogen) atoms. The summed E-state index contributed by atoms with van der Waals surface area (Å²) in [7, 11) is 4.55. The van der Waals surface area contributed by atoms with E-state index in [1.54, 1.807) is 32.1 Å². The van der Waals surface area contributed by atoms with Crippen LogP contribution in [0.2, 0.25) is 0 Å². The molecule has 5 rings (SSSR count). The van der Waals surface area contributed by atoms with Crippen LogP contribution in [0.1, 0.15) is 51.0 Å². The number of fused-ring (bicyclic) bond motifs is 1. The van der Waals surface area contributed by atoms with Crippen molar-refractivity contribution in [2.75, 3.05) is 45.9 Å². The summed E-state index contributed by atoms with van der Waals surface area (Å²) in [5, 5.41) is 0. The van der Waals surface area contributed by atoms with E-state index in [0.717, 1.165) is 31.8 Å². The smallest absolute Gasteiger partial charge is 0.338 e. The summed E-state index contributed by atoms with van der Waals surface area (Å²) in [6.07, 6.45) is 3.98. The van der Waals surface area contributed by atoms with Gasteiger partial charge in [-0.1, -0.05) is 18.3 Å². The Morgan fingerprint density at radius 1 is 1.12 bits per heavy atom. The summed E-state index contributed by atoms with van der Waals surface area (Å²) >= 11 is 1.24. The van der Waals surface area contributed by atoms with Crippen LogP contribution in [-0.2, 0) is 9.53 Å². The van der Waals surface area contributed by atoms with Crippen molar-refractivity contribution in [3.05, 3.63) is 66.5 Å². The highest BCUT2D eigenvalue weighted by Crippen LogP contribution is 2.42. The minimum atomic E-state index is -0.830. The summed E-state index contributed by atoms with van der Waals surface area (Å²) < 4.78 is 30.1. The molecule has 10 nitrogen and oxygen atoms in total. The van der Waals surface area contributed by atoms with Crippen LogP contribution in [0, 0.1) is 5.92 Å². The van der Waals surface area contributed by atoms with Gasteiger partial charge in [0.1, 0.15) is 5.76 Å². The van der Waals surface area contributed by atoms with Crippen LogP contribution in [-0.4, -0.2) is 51.6 Å². The molecule has 218 valence electrons. The first kappa shape index (κ1) is 28.5. The van der Waals surface area contributed by atoms with Gasteiger partial charge in [-0.3, -0.25) is 9.36 Å². The van der Waals surface area contributed by atoms with Crippen LogP contribution in [0.5, 0.6) is 17.2 Å². The van der Waals surface area contributed by atoms with Crippen molar-refractivity contribution in [2.45, 2.75) is 39.7 Å². The summed E-state index contributed by atoms with van der Waals surface area (Å²) in [6, 6.07) is 6.46. The highest BCUT2D eigenvalue weighted by Gasteiger charge is 2.35. The number of benzene rings is 1. The van der Waals surface area contributed by atoms with Crippen LogP contribution < -0.4 is 34.0 Å². The monoisotopic (exact) mass is 581 g/mol. The lowest BCUT2D eigenvalue weighted by Gasteiger charge is -2.29. The van der Waals surface area contributed by atoms with Gasteiger partial charge in [0, 0.05) is 25.2 Å². The number of ether oxygens (including phenoxy) is 4. The van der Waals surface area contributed by atoms with Gasteiger partial charge in [0.15, 0.2) is 22.2 Å². The summed E-state index contributed by atoms with van der Waals surface area (Å²) in [6.45, 7) is 7.82. The van der Waals surface area contributed by atoms with Gasteiger partial charge in [-0.05, 0) is 56.4 Å². The van der Waals surface area contributed by atoms with E-state index in [1.807, 2.05) is 12.1 Å². The fraction of sp³-hybridized carbons (Fsp3) is 0.433. The molecule has 2 aliphatic rings. The minimum absolute atomic E-state index is 0.179. The van der Waals surface area contributed by atoms with E-state index < -0.39 is 12.0 Å². The van der Waals surface area contributed by atoms with Gasteiger partial charge < -0.3 is 28.3 Å². The lowest BCUT2D eigenvalue weighted by atomic mass is 9.95. The second-order valence-corrected chi connectivity index (χ2v) is 11.1. The topological polar surface area (TPSA) is 105 Å². The van der Waals surface area contributed by atoms with Crippen molar-refractivity contribution in [1.29, 1.82) is 0 Å². The predicted molar refractivity (Wildman–Crippen MR) is 156 cm³/mol. The highest BCUT2D eigenvalue weighted by molar-refractivity contribution is 7.07. The molecule has 0 amide bonds. The number of carbonyl (C=O) groups excluding carboxylic acids is 1. The number of hydrogen-bond donors (Lipinski definition) is 0. The van der Waals surface area contributed by atoms with Gasteiger partial charge in [0.25, 0.3) is 5.56 Å². The Kier molecular flexibility index (Phi) is 8.25. The van der Waals surface area contributed by atoms with Gasteiger partial charge in [-0.15, -0.1) is 0 Å². The molecular formula is C30H35N3O7S. The summed E-state index contributed by atoms with van der Waals surface area (Å²) in [4.78, 5) is 34.6. The number of rotatable bonds is 8. The molecule has 1 fully saturated rings. The van der Waals surface area contributed by atoms with Crippen LogP contribution in [0.3, 0.4) is 0 Å². The number of piperidine rings is 1. The predicted octanol–water partition coefficient (Wildman–Crippen LogP) is 3.65. The molecule has 0 bridgehead atoms. The Hall–Kier alpha value is -3.99. The number of methoxy groups -OCH3 is 3. The molecule has 11 heteroatoms. The molecule has 0 spiro atoms. The Morgan fingerprint density at radius 3 is 2.41 bits per heavy atom. The molecule has 0 saturated carbocycles. The van der Waals surface area contributed by atoms with Crippen molar-refractivity contribution >= 4 is 29.3 Å². The number of nitrogens with zero attached hydrogens (tertiary/aromatic N) is 3. The molecular weight excluding hydrogens is 546 g/mol. The van der Waals surface area contributed by atoms with Gasteiger partial charge in [0.2, 0.25) is 5.75 Å². The first-order valence-corrected chi connectivity index (χ1v) is 14.5. The Morgan fingerprint density at radius 2 is 1.80 bits per heavy atom. The van der Waals surface area contributed by atoms with Crippen LogP contribution in [0.15, 0.2) is 49.7 Å². The maximum absolute atomic E-state index is 14.0. The van der Waals surface area contributed by atoms with E-state index in [9.17, 15) is 9.59 Å². The Balaban J connectivity index is 1.64. The Labute approximate surface area is 242 Å². The highest BCUT2D eigenvalue weighted by atomic mass is 32.1. The number of esters is 1. The van der Waals surface area contributed by atoms with Gasteiger partial charge in [0.05, 0.1) is 49.8 Å². The zero-order valence-electron chi connectivity index (χ0n) is 24.2. The van der Waals surface area contributed by atoms with E-state index >= 15 is 0 Å². The lowest BCUT2D eigenvalue weighted by molar-refractivity contribution is -0.139. The first-order valence-electron chi connectivity index (χ1n) is 13.6. The molecule has 4 heterocycles. The quantitative estimate of drug-likeness (QED) is 0.372. The van der Waals surface area contributed by atoms with Crippen molar-refractivity contribution in [2.24, 2.45) is 10.9 Å². The normalized spacial score (nSPS) is 17.8. The number of carbonyl (C=O) groups is 1. The fourth-order valence-electron chi connectivity index (χ4n) is 5.31. The van der Waals surface area contributed by atoms with Crippen LogP contribution >= 0.6 is 11.3 Å². The lowest BCUT2D eigenvalue weighted by Crippen LogP contribution is -2.40. The zero-order chi connectivity index (χ0) is 29.3. The molecule has 0 unspecified atom stereocenters. The van der Waals surface area contributed by atoms with Crippen molar-refractivity contribution in [3.63, 3.8) is 0 Å². The second kappa shape index (κ2) is 11.9. The van der Waals surface area contributed by atoms with Crippen molar-refractivity contribution < 1.29 is 28.2 Å². The SMILES string of the molecule is CCOC(=O)C1=C(C)N=c2s/c(=C/c3ccc(N4CCC(C)CC4)o3)c(=O)n2[C@@H]1c1cc(OC)c(OC)c(OC)c1. The molecule has 2 aliphatic heterocycles. The number of aromatic nitrogens is 1. The largest absolute Gasteiger partial charge is 0.493 e. The number of allylic oxidation sites excluding steroid dienone is 1. The van der Waals surface area contributed by atoms with E-state index in [1.165, 1.54) is 37.2 Å². The number of furan rings is 1. The van der Waals surface area contributed by atoms with Crippen molar-refractivity contribution in [1.82, 2.24) is 4.57 Å². The molecule has 2 aromatic heterocycles. The molecule has 1 saturated heterocycles. The number of hydrogen-bond acceptors (Lipinski definition) is 10. The van der Waals surface area contributed by atoms with Crippen LogP contribution in [0.25, 0.3) is 6.08 Å². The third-order valence-corrected chi connectivity index (χ3v) is 8.48. The van der Waals surface area contributed by atoms with Gasteiger partial charge >= 0.3 is 5.97 Å². The van der Waals surface area contributed by atoms with Gasteiger partial charge in [-0.2, -0.15) is 0 Å². The van der Waals surface area contributed by atoms with Crippen LogP contribution in [0.4, 0.5) is 5.88 Å². The van der Waals surface area contributed by atoms with Gasteiger partial charge in [-0.25, -0.2) is 9.79 Å². The maximum Gasteiger partial charge on any atom is 0.338 e. The minimum Gasteiger partial charge on any atom is -0.493 e. The van der Waals surface area contributed by atoms with E-state index in [2.05, 4.69) is 16.8 Å². The number of anilines is 1. The van der Waals surface area contributed by atoms with Crippen molar-refractivity contribution in [3.8, 4) is 17.2 Å². The first-order chi connectivity index (χ1) is 19.8. The zero-order valence-corrected chi connectivity index (χ0v) is 25.0. The third kappa shape index (κ3) is 5.38. The standard InChI is InChI=1S/C30H35N3O7S/c1-7-39-29(35)25-18(3)31-30-33(26(25)19-14-21(36-4)27(38-6)22(15-19)37-5)28(34)23(41-30)16-20-8-9-24(40-20)32-12-10-17(2)11-13-32/h8-9,14-17,26H,7,10-13H2,1-6H3/b23-16+/t26-/m1/s1.